The first kappa shape index (κ1) is 20.2. The van der Waals surface area contributed by atoms with Gasteiger partial charge in [0.05, 0.1) is 23.1 Å². The van der Waals surface area contributed by atoms with E-state index in [1.807, 2.05) is 60.7 Å². The lowest BCUT2D eigenvalue weighted by atomic mass is 9.95. The first-order chi connectivity index (χ1) is 15.6. The van der Waals surface area contributed by atoms with Gasteiger partial charge in [0.2, 0.25) is 0 Å². The summed E-state index contributed by atoms with van der Waals surface area (Å²) in [7, 11) is 0. The topological polar surface area (TPSA) is 73.4 Å². The molecule has 5 rings (SSSR count). The van der Waals surface area contributed by atoms with Gasteiger partial charge in [0.25, 0.3) is 5.56 Å². The highest BCUT2D eigenvalue weighted by Gasteiger charge is 2.16. The van der Waals surface area contributed by atoms with Gasteiger partial charge in [0.15, 0.2) is 0 Å². The maximum Gasteiger partial charge on any atom is 0.257 e. The molecule has 0 spiro atoms. The second-order valence-electron chi connectivity index (χ2n) is 7.64. The van der Waals surface area contributed by atoms with Gasteiger partial charge in [-0.2, -0.15) is 0 Å². The Morgan fingerprint density at radius 3 is 2.28 bits per heavy atom. The zero-order chi connectivity index (χ0) is 22.1. The van der Waals surface area contributed by atoms with E-state index >= 15 is 0 Å². The number of aromatic amines is 1. The van der Waals surface area contributed by atoms with Gasteiger partial charge in [0.1, 0.15) is 0 Å². The zero-order valence-electron chi connectivity index (χ0n) is 17.3. The first-order valence-electron chi connectivity index (χ1n) is 10.4. The van der Waals surface area contributed by atoms with Crippen LogP contribution < -0.4 is 11.3 Å². The minimum absolute atomic E-state index is 0.172. The van der Waals surface area contributed by atoms with Crippen LogP contribution in [0.3, 0.4) is 0 Å². The Kier molecular flexibility index (Phi) is 5.31. The SMILES string of the molecule is [NH3+]Cc1ccc(-c2nc3c(-c4cccc(Cl)c4)c[nH]c(=O)c3cc2-c2ccccc2)cc1. The smallest absolute Gasteiger partial charge is 0.257 e. The fourth-order valence-corrected chi connectivity index (χ4v) is 4.13. The Labute approximate surface area is 190 Å². The van der Waals surface area contributed by atoms with Gasteiger partial charge < -0.3 is 10.7 Å². The van der Waals surface area contributed by atoms with E-state index in [2.05, 4.69) is 35.0 Å². The van der Waals surface area contributed by atoms with Crippen molar-refractivity contribution >= 4 is 22.5 Å². The van der Waals surface area contributed by atoms with Crippen molar-refractivity contribution in [3.63, 3.8) is 0 Å². The quantitative estimate of drug-likeness (QED) is 0.398. The maximum atomic E-state index is 12.8. The van der Waals surface area contributed by atoms with Crippen molar-refractivity contribution in [1.29, 1.82) is 0 Å². The molecule has 2 heterocycles. The van der Waals surface area contributed by atoms with Crippen LogP contribution in [-0.4, -0.2) is 9.97 Å². The number of H-pyrrole nitrogens is 1. The van der Waals surface area contributed by atoms with E-state index in [0.717, 1.165) is 45.6 Å². The van der Waals surface area contributed by atoms with Crippen molar-refractivity contribution in [2.45, 2.75) is 6.54 Å². The molecule has 0 unspecified atom stereocenters. The van der Waals surface area contributed by atoms with Crippen LogP contribution in [0.2, 0.25) is 5.02 Å². The third-order valence-electron chi connectivity index (χ3n) is 5.61. The van der Waals surface area contributed by atoms with Crippen molar-refractivity contribution in [3.8, 4) is 33.5 Å². The standard InChI is InChI=1S/C27H20ClN3O/c28-21-8-4-7-20(13-21)24-16-30-27(32)23-14-22(18-5-2-1-3-6-18)25(31-26(23)24)19-11-9-17(15-29)10-12-19/h1-14,16H,15,29H2,(H,30,32)/p+1. The fraction of sp³-hybridized carbons (Fsp3) is 0.0370. The van der Waals surface area contributed by atoms with Crippen LogP contribution in [0.1, 0.15) is 5.56 Å². The predicted molar refractivity (Wildman–Crippen MR) is 130 cm³/mol. The monoisotopic (exact) mass is 438 g/mol. The molecule has 0 amide bonds. The molecule has 0 saturated carbocycles. The zero-order valence-corrected chi connectivity index (χ0v) is 18.1. The van der Waals surface area contributed by atoms with E-state index in [1.165, 1.54) is 0 Å². The first-order valence-corrected chi connectivity index (χ1v) is 10.8. The number of benzene rings is 3. The molecule has 0 fully saturated rings. The molecule has 0 atom stereocenters. The number of nitrogens with zero attached hydrogens (tertiary/aromatic N) is 1. The third kappa shape index (κ3) is 3.71. The summed E-state index contributed by atoms with van der Waals surface area (Å²) in [5.74, 6) is 0. The lowest BCUT2D eigenvalue weighted by molar-refractivity contribution is -0.386. The van der Waals surface area contributed by atoms with Crippen LogP contribution in [0.25, 0.3) is 44.4 Å². The molecule has 32 heavy (non-hydrogen) atoms. The minimum atomic E-state index is -0.172. The summed E-state index contributed by atoms with van der Waals surface area (Å²) in [6.07, 6.45) is 1.71. The summed E-state index contributed by atoms with van der Waals surface area (Å²) in [6.45, 7) is 0.727. The average Bonchev–Trinajstić information content (AvgIpc) is 2.84. The Bertz CT molecular complexity index is 1480. The molecule has 0 aliphatic rings. The number of fused-ring (bicyclic) bond motifs is 1. The molecule has 0 saturated heterocycles. The highest BCUT2D eigenvalue weighted by molar-refractivity contribution is 6.30. The Morgan fingerprint density at radius 1 is 0.812 bits per heavy atom. The number of halogens is 1. The summed E-state index contributed by atoms with van der Waals surface area (Å²) in [5, 5.41) is 1.17. The molecule has 4 nitrogen and oxygen atoms in total. The number of aromatic nitrogens is 2. The van der Waals surface area contributed by atoms with Crippen molar-refractivity contribution in [2.75, 3.05) is 0 Å². The Balaban J connectivity index is 1.84. The molecule has 0 aliphatic heterocycles. The number of pyridine rings is 2. The van der Waals surface area contributed by atoms with Crippen molar-refractivity contribution in [1.82, 2.24) is 9.97 Å². The normalized spacial score (nSPS) is 11.1. The maximum absolute atomic E-state index is 12.8. The second kappa shape index (κ2) is 8.42. The van der Waals surface area contributed by atoms with Gasteiger partial charge >= 0.3 is 0 Å². The van der Waals surface area contributed by atoms with Crippen LogP contribution in [0.15, 0.2) is 95.9 Å². The minimum Gasteiger partial charge on any atom is -0.354 e. The van der Waals surface area contributed by atoms with Crippen LogP contribution in [0, 0.1) is 0 Å². The summed E-state index contributed by atoms with van der Waals surface area (Å²) in [4.78, 5) is 20.7. The van der Waals surface area contributed by atoms with Crippen LogP contribution in [0.4, 0.5) is 0 Å². The summed E-state index contributed by atoms with van der Waals surface area (Å²) in [6, 6.07) is 27.8. The van der Waals surface area contributed by atoms with E-state index in [1.54, 1.807) is 6.20 Å². The largest absolute Gasteiger partial charge is 0.354 e. The summed E-state index contributed by atoms with van der Waals surface area (Å²) < 4.78 is 0. The van der Waals surface area contributed by atoms with Crippen LogP contribution in [0.5, 0.6) is 0 Å². The highest BCUT2D eigenvalue weighted by Crippen LogP contribution is 2.35. The van der Waals surface area contributed by atoms with E-state index < -0.39 is 0 Å². The molecule has 5 aromatic rings. The molecule has 0 radical (unpaired) electrons. The van der Waals surface area contributed by atoms with E-state index in [9.17, 15) is 4.79 Å². The fourth-order valence-electron chi connectivity index (χ4n) is 3.94. The molecule has 5 heteroatoms. The number of quaternary nitrogens is 1. The molecule has 4 N–H and O–H groups in total. The van der Waals surface area contributed by atoms with E-state index in [-0.39, 0.29) is 5.56 Å². The lowest BCUT2D eigenvalue weighted by Gasteiger charge is -2.14. The summed E-state index contributed by atoms with van der Waals surface area (Å²) >= 11 is 6.24. The van der Waals surface area contributed by atoms with Crippen LogP contribution >= 0.6 is 11.6 Å². The van der Waals surface area contributed by atoms with Crippen molar-refractivity contribution in [3.05, 3.63) is 112 Å². The molecule has 0 aliphatic carbocycles. The lowest BCUT2D eigenvalue weighted by Crippen LogP contribution is -2.47. The molecule has 3 aromatic carbocycles. The third-order valence-corrected chi connectivity index (χ3v) is 5.84. The predicted octanol–water partition coefficient (Wildman–Crippen LogP) is 5.32. The van der Waals surface area contributed by atoms with Gasteiger partial charge in [-0.25, -0.2) is 4.98 Å². The highest BCUT2D eigenvalue weighted by atomic mass is 35.5. The number of rotatable bonds is 4. The van der Waals surface area contributed by atoms with Gasteiger partial charge in [-0.3, -0.25) is 4.79 Å². The van der Waals surface area contributed by atoms with Crippen molar-refractivity contribution < 1.29 is 5.73 Å². The summed E-state index contributed by atoms with van der Waals surface area (Å²) in [5.41, 5.74) is 11.1. The average molecular weight is 439 g/mol. The molecule has 0 bridgehead atoms. The molecular formula is C27H21ClN3O+. The number of hydrogen-bond acceptors (Lipinski definition) is 2. The van der Waals surface area contributed by atoms with Gasteiger partial charge in [-0.05, 0) is 29.3 Å². The van der Waals surface area contributed by atoms with Crippen LogP contribution in [-0.2, 0) is 6.54 Å². The molecular weight excluding hydrogens is 418 g/mol. The number of hydrogen-bond donors (Lipinski definition) is 2. The molecule has 2 aromatic heterocycles. The van der Waals surface area contributed by atoms with E-state index in [4.69, 9.17) is 16.6 Å². The Morgan fingerprint density at radius 2 is 1.56 bits per heavy atom. The van der Waals surface area contributed by atoms with Gasteiger partial charge in [-0.15, -0.1) is 0 Å². The van der Waals surface area contributed by atoms with Gasteiger partial charge in [-0.1, -0.05) is 78.3 Å². The molecule has 156 valence electrons. The number of nitrogens with one attached hydrogen (secondary N) is 1. The second-order valence-corrected chi connectivity index (χ2v) is 8.07. The van der Waals surface area contributed by atoms with E-state index in [0.29, 0.717) is 15.9 Å². The van der Waals surface area contributed by atoms with Gasteiger partial charge in [0, 0.05) is 33.5 Å². The Hall–Kier alpha value is -3.73. The van der Waals surface area contributed by atoms with Crippen molar-refractivity contribution in [2.24, 2.45) is 0 Å².